The average molecular weight is 666 g/mol. The second-order valence-electron chi connectivity index (χ2n) is 11.6. The predicted octanol–water partition coefficient (Wildman–Crippen LogP) is 3.40. The minimum absolute atomic E-state index is 0.162. The van der Waals surface area contributed by atoms with Gasteiger partial charge in [-0.3, -0.25) is 14.4 Å². The molecule has 0 bridgehead atoms. The predicted molar refractivity (Wildman–Crippen MR) is 173 cm³/mol. The number of carboxylic acids is 1. The molecule has 0 aromatic heterocycles. The standard InChI is InChI=1S/C34H36FN3O8S/c1-19(2)30(34(43)44)37-28(40)16-36-29(41)17-46-25-10-3-20(4-11-25)31-32(33(42)38(31)24-8-6-23(35)7-9-24)47-18-26(39)21-5-12-27-22(15-21)13-14-45-27/h3-12,15,19,26,30-32,39H,13-14,16-18H2,1-2H3,(H,36,41)(H,37,40)(H,43,44)/t26-,30+,31?,32+/m0/s1. The van der Waals surface area contributed by atoms with Crippen LogP contribution in [0.1, 0.15) is 42.7 Å². The van der Waals surface area contributed by atoms with Gasteiger partial charge in [-0.1, -0.05) is 32.0 Å². The van der Waals surface area contributed by atoms with E-state index in [9.17, 15) is 33.8 Å². The second-order valence-corrected chi connectivity index (χ2v) is 12.8. The molecule has 0 aliphatic carbocycles. The number of hydrogen-bond donors (Lipinski definition) is 4. The van der Waals surface area contributed by atoms with E-state index < -0.39 is 53.6 Å². The number of rotatable bonds is 14. The lowest BCUT2D eigenvalue weighted by molar-refractivity contribution is -0.143. The van der Waals surface area contributed by atoms with Crippen molar-refractivity contribution < 1.29 is 43.3 Å². The number of carbonyl (C=O) groups excluding carboxylic acids is 3. The summed E-state index contributed by atoms with van der Waals surface area (Å²) in [7, 11) is 0. The summed E-state index contributed by atoms with van der Waals surface area (Å²) in [6.45, 7) is 3.16. The summed E-state index contributed by atoms with van der Waals surface area (Å²) in [6.07, 6.45) is -0.00520. The Balaban J connectivity index is 1.20. The number of fused-ring (bicyclic) bond motifs is 1. The lowest BCUT2D eigenvalue weighted by Crippen LogP contribution is -2.57. The van der Waals surface area contributed by atoms with E-state index >= 15 is 0 Å². The number of aliphatic carboxylic acids is 1. The SMILES string of the molecule is CC(C)[C@@H](NC(=O)CNC(=O)COc1ccc(C2[C@@H](SC[C@H](O)c3ccc4c(c3)CCO4)C(=O)N2c2ccc(F)cc2)cc1)C(=O)O. The van der Waals surface area contributed by atoms with Gasteiger partial charge in [0.25, 0.3) is 5.91 Å². The number of ether oxygens (including phenoxy) is 2. The lowest BCUT2D eigenvalue weighted by atomic mass is 9.92. The number of halogens is 1. The van der Waals surface area contributed by atoms with Crippen LogP contribution in [0.15, 0.2) is 66.7 Å². The smallest absolute Gasteiger partial charge is 0.326 e. The Morgan fingerprint density at radius 1 is 1.06 bits per heavy atom. The van der Waals surface area contributed by atoms with Crippen molar-refractivity contribution in [3.05, 3.63) is 89.2 Å². The second kappa shape index (κ2) is 14.9. The van der Waals surface area contributed by atoms with Crippen molar-refractivity contribution in [3.63, 3.8) is 0 Å². The molecular weight excluding hydrogens is 629 g/mol. The van der Waals surface area contributed by atoms with E-state index in [-0.39, 0.29) is 24.2 Å². The summed E-state index contributed by atoms with van der Waals surface area (Å²) < 4.78 is 24.8. The summed E-state index contributed by atoms with van der Waals surface area (Å²) in [5, 5.41) is 24.4. The molecule has 2 heterocycles. The molecule has 3 aromatic rings. The van der Waals surface area contributed by atoms with Gasteiger partial charge in [-0.25, -0.2) is 9.18 Å². The van der Waals surface area contributed by atoms with Crippen molar-refractivity contribution in [2.24, 2.45) is 5.92 Å². The third kappa shape index (κ3) is 8.03. The molecule has 3 amide bonds. The summed E-state index contributed by atoms with van der Waals surface area (Å²) in [4.78, 5) is 50.6. The molecule has 2 aliphatic rings. The van der Waals surface area contributed by atoms with Crippen LogP contribution in [0, 0.1) is 11.7 Å². The monoisotopic (exact) mass is 665 g/mol. The fraction of sp³-hybridized carbons (Fsp3) is 0.353. The first-order valence-electron chi connectivity index (χ1n) is 15.2. The number of hydrogen-bond acceptors (Lipinski definition) is 8. The highest BCUT2D eigenvalue weighted by atomic mass is 32.2. The van der Waals surface area contributed by atoms with E-state index in [0.29, 0.717) is 18.0 Å². The minimum Gasteiger partial charge on any atom is -0.493 e. The van der Waals surface area contributed by atoms with E-state index in [1.54, 1.807) is 55.1 Å². The fourth-order valence-corrected chi connectivity index (χ4v) is 6.72. The Morgan fingerprint density at radius 3 is 2.47 bits per heavy atom. The highest BCUT2D eigenvalue weighted by molar-refractivity contribution is 8.00. The number of nitrogens with zero attached hydrogens (tertiary/aromatic N) is 1. The first kappa shape index (κ1) is 33.7. The van der Waals surface area contributed by atoms with Gasteiger partial charge in [0.1, 0.15) is 28.6 Å². The molecule has 11 nitrogen and oxygen atoms in total. The Hall–Kier alpha value is -4.62. The zero-order valence-electron chi connectivity index (χ0n) is 25.9. The maximum absolute atomic E-state index is 13.7. The van der Waals surface area contributed by atoms with Gasteiger partial charge >= 0.3 is 5.97 Å². The van der Waals surface area contributed by atoms with Crippen molar-refractivity contribution in [1.82, 2.24) is 10.6 Å². The number of β-lactam (4-membered cyclic amide) rings is 1. The zero-order valence-corrected chi connectivity index (χ0v) is 26.7. The quantitative estimate of drug-likeness (QED) is 0.190. The van der Waals surface area contributed by atoms with Crippen molar-refractivity contribution in [1.29, 1.82) is 0 Å². The number of carboxylic acid groups (broad SMARTS) is 1. The first-order chi connectivity index (χ1) is 22.5. The van der Waals surface area contributed by atoms with Gasteiger partial charge in [0.05, 0.1) is 25.3 Å². The molecule has 1 fully saturated rings. The Labute approximate surface area is 275 Å². The lowest BCUT2D eigenvalue weighted by Gasteiger charge is -2.47. The van der Waals surface area contributed by atoms with Crippen molar-refractivity contribution in [2.75, 3.05) is 30.4 Å². The highest BCUT2D eigenvalue weighted by Gasteiger charge is 2.49. The molecule has 1 saturated heterocycles. The molecular formula is C34H36FN3O8S. The number of aliphatic hydroxyl groups is 1. The Morgan fingerprint density at radius 2 is 1.79 bits per heavy atom. The molecule has 47 heavy (non-hydrogen) atoms. The number of nitrogens with one attached hydrogen (secondary N) is 2. The van der Waals surface area contributed by atoms with E-state index in [1.807, 2.05) is 18.2 Å². The van der Waals surface area contributed by atoms with Crippen LogP contribution in [0.4, 0.5) is 10.1 Å². The molecule has 248 valence electrons. The molecule has 0 saturated carbocycles. The molecule has 1 unspecified atom stereocenters. The fourth-order valence-electron chi connectivity index (χ4n) is 5.42. The number of anilines is 1. The summed E-state index contributed by atoms with van der Waals surface area (Å²) in [5.74, 6) is -1.79. The number of aliphatic hydroxyl groups excluding tert-OH is 1. The molecule has 0 radical (unpaired) electrons. The third-order valence-corrected chi connectivity index (χ3v) is 9.30. The van der Waals surface area contributed by atoms with E-state index in [4.69, 9.17) is 9.47 Å². The van der Waals surface area contributed by atoms with Crippen molar-refractivity contribution in [3.8, 4) is 11.5 Å². The zero-order chi connectivity index (χ0) is 33.7. The maximum Gasteiger partial charge on any atom is 0.326 e. The summed E-state index contributed by atoms with van der Waals surface area (Å²) >= 11 is 1.35. The molecule has 2 aliphatic heterocycles. The normalized spacial score (nSPS) is 18.1. The van der Waals surface area contributed by atoms with Gasteiger partial charge in [-0.2, -0.15) is 0 Å². The number of carbonyl (C=O) groups is 4. The molecule has 5 rings (SSSR count). The Kier molecular flexibility index (Phi) is 10.7. The van der Waals surface area contributed by atoms with E-state index in [2.05, 4.69) is 10.6 Å². The summed E-state index contributed by atoms with van der Waals surface area (Å²) in [5.41, 5.74) is 3.13. The van der Waals surface area contributed by atoms with Gasteiger partial charge < -0.3 is 35.2 Å². The van der Waals surface area contributed by atoms with Crippen molar-refractivity contribution in [2.45, 2.75) is 43.7 Å². The molecule has 13 heteroatoms. The first-order valence-corrected chi connectivity index (χ1v) is 16.2. The summed E-state index contributed by atoms with van der Waals surface area (Å²) in [6, 6.07) is 16.7. The number of amides is 3. The van der Waals surface area contributed by atoms with Gasteiger partial charge in [0.2, 0.25) is 11.8 Å². The van der Waals surface area contributed by atoms with Crippen LogP contribution in [0.25, 0.3) is 0 Å². The Bertz CT molecular complexity index is 1620. The van der Waals surface area contributed by atoms with Crippen LogP contribution < -0.4 is 25.0 Å². The van der Waals surface area contributed by atoms with Gasteiger partial charge in [0.15, 0.2) is 6.61 Å². The van der Waals surface area contributed by atoms with E-state index in [0.717, 1.165) is 28.9 Å². The van der Waals surface area contributed by atoms with Gasteiger partial charge in [-0.05, 0) is 71.1 Å². The molecule has 0 spiro atoms. The topological polar surface area (TPSA) is 154 Å². The largest absolute Gasteiger partial charge is 0.493 e. The van der Waals surface area contributed by atoms with Crippen LogP contribution in [0.5, 0.6) is 11.5 Å². The van der Waals surface area contributed by atoms with Crippen LogP contribution in [0.3, 0.4) is 0 Å². The number of benzene rings is 3. The van der Waals surface area contributed by atoms with Crippen LogP contribution in [-0.2, 0) is 25.6 Å². The minimum atomic E-state index is -1.16. The van der Waals surface area contributed by atoms with E-state index in [1.165, 1.54) is 23.9 Å². The van der Waals surface area contributed by atoms with Crippen LogP contribution >= 0.6 is 11.8 Å². The number of thioether (sulfide) groups is 1. The molecule has 4 atom stereocenters. The average Bonchev–Trinajstić information content (AvgIpc) is 3.53. The third-order valence-electron chi connectivity index (χ3n) is 7.97. The van der Waals surface area contributed by atoms with Gasteiger partial charge in [-0.15, -0.1) is 11.8 Å². The highest BCUT2D eigenvalue weighted by Crippen LogP contribution is 2.46. The van der Waals surface area contributed by atoms with Gasteiger partial charge in [0, 0.05) is 17.9 Å². The van der Waals surface area contributed by atoms with Crippen LogP contribution in [-0.4, -0.2) is 70.7 Å². The maximum atomic E-state index is 13.7. The molecule has 4 N–H and O–H groups in total. The van der Waals surface area contributed by atoms with Crippen molar-refractivity contribution >= 4 is 41.1 Å². The van der Waals surface area contributed by atoms with Crippen LogP contribution in [0.2, 0.25) is 0 Å². The molecule has 3 aromatic carbocycles.